The van der Waals surface area contributed by atoms with Crippen LogP contribution in [0.1, 0.15) is 24.5 Å². The van der Waals surface area contributed by atoms with Gasteiger partial charge in [-0.15, -0.1) is 0 Å². The van der Waals surface area contributed by atoms with Gasteiger partial charge in [0.1, 0.15) is 0 Å². The van der Waals surface area contributed by atoms with Crippen molar-refractivity contribution in [3.05, 3.63) is 35.4 Å². The zero-order valence-corrected chi connectivity index (χ0v) is 11.4. The number of nitrogens with zero attached hydrogens (tertiary/aromatic N) is 1. The lowest BCUT2D eigenvalue weighted by Gasteiger charge is -2.27. The number of rotatable bonds is 6. The van der Waals surface area contributed by atoms with E-state index in [0.717, 1.165) is 37.3 Å². The molecule has 4 nitrogen and oxygen atoms in total. The molecule has 0 saturated carbocycles. The smallest absolute Gasteiger partial charge is 0.307 e. The second kappa shape index (κ2) is 6.68. The second-order valence-electron chi connectivity index (χ2n) is 5.05. The maximum Gasteiger partial charge on any atom is 0.307 e. The Morgan fingerprint density at radius 3 is 2.74 bits per heavy atom. The molecule has 0 bridgehead atoms. The second-order valence-corrected chi connectivity index (χ2v) is 5.05. The van der Waals surface area contributed by atoms with Gasteiger partial charge in [-0.2, -0.15) is 0 Å². The van der Waals surface area contributed by atoms with Crippen molar-refractivity contribution in [1.29, 1.82) is 0 Å². The number of aliphatic carboxylic acids is 1. The zero-order chi connectivity index (χ0) is 13.7. The van der Waals surface area contributed by atoms with Gasteiger partial charge >= 0.3 is 5.97 Å². The largest absolute Gasteiger partial charge is 0.481 e. The Hall–Kier alpha value is -1.39. The summed E-state index contributed by atoms with van der Waals surface area (Å²) in [5.74, 6) is -0.766. The van der Waals surface area contributed by atoms with Gasteiger partial charge in [-0.05, 0) is 30.6 Å². The van der Waals surface area contributed by atoms with Crippen LogP contribution in [0, 0.1) is 0 Å². The summed E-state index contributed by atoms with van der Waals surface area (Å²) in [6, 6.07) is 8.44. The van der Waals surface area contributed by atoms with Gasteiger partial charge in [-0.25, -0.2) is 0 Å². The summed E-state index contributed by atoms with van der Waals surface area (Å²) in [6.07, 6.45) is 1.28. The van der Waals surface area contributed by atoms with Crippen molar-refractivity contribution >= 4 is 5.97 Å². The Labute approximate surface area is 114 Å². The Morgan fingerprint density at radius 2 is 2.16 bits per heavy atom. The van der Waals surface area contributed by atoms with Crippen molar-refractivity contribution in [1.82, 2.24) is 10.2 Å². The highest BCUT2D eigenvalue weighted by Gasteiger charge is 2.21. The van der Waals surface area contributed by atoms with Crippen LogP contribution in [0.15, 0.2) is 24.3 Å². The van der Waals surface area contributed by atoms with Gasteiger partial charge < -0.3 is 10.4 Å². The minimum absolute atomic E-state index is 0.108. The molecule has 0 radical (unpaired) electrons. The van der Waals surface area contributed by atoms with Crippen LogP contribution in [0.4, 0.5) is 0 Å². The fraction of sp³-hybridized carbons (Fsp3) is 0.533. The molecule has 1 aromatic carbocycles. The van der Waals surface area contributed by atoms with E-state index in [1.54, 1.807) is 0 Å². The van der Waals surface area contributed by atoms with E-state index < -0.39 is 5.97 Å². The summed E-state index contributed by atoms with van der Waals surface area (Å²) >= 11 is 0. The Balaban J connectivity index is 2.09. The average molecular weight is 262 g/mol. The third-order valence-corrected chi connectivity index (χ3v) is 3.79. The zero-order valence-electron chi connectivity index (χ0n) is 11.4. The molecule has 0 spiro atoms. The Morgan fingerprint density at radius 1 is 1.42 bits per heavy atom. The highest BCUT2D eigenvalue weighted by molar-refractivity contribution is 5.70. The first-order valence-corrected chi connectivity index (χ1v) is 6.94. The molecule has 2 rings (SSSR count). The highest BCUT2D eigenvalue weighted by Crippen LogP contribution is 2.16. The lowest BCUT2D eigenvalue weighted by Crippen LogP contribution is -2.36. The van der Waals surface area contributed by atoms with Gasteiger partial charge in [0.05, 0.1) is 6.42 Å². The van der Waals surface area contributed by atoms with Crippen LogP contribution in [-0.2, 0) is 17.8 Å². The predicted octanol–water partition coefficient (Wildman–Crippen LogP) is 1.50. The lowest BCUT2D eigenvalue weighted by atomic mass is 10.0. The topological polar surface area (TPSA) is 52.6 Å². The monoisotopic (exact) mass is 262 g/mol. The number of carbonyl (C=O) groups is 1. The van der Waals surface area contributed by atoms with E-state index in [-0.39, 0.29) is 6.42 Å². The van der Waals surface area contributed by atoms with Crippen LogP contribution in [0.3, 0.4) is 0 Å². The first kappa shape index (κ1) is 14.0. The molecule has 1 saturated heterocycles. The molecular weight excluding hydrogens is 240 g/mol. The van der Waals surface area contributed by atoms with E-state index in [1.165, 1.54) is 6.42 Å². The molecule has 1 aliphatic heterocycles. The summed E-state index contributed by atoms with van der Waals surface area (Å²) < 4.78 is 0. The van der Waals surface area contributed by atoms with E-state index in [4.69, 9.17) is 5.11 Å². The maximum atomic E-state index is 10.9. The molecule has 1 heterocycles. The van der Waals surface area contributed by atoms with Gasteiger partial charge in [-0.1, -0.05) is 31.2 Å². The van der Waals surface area contributed by atoms with Crippen molar-refractivity contribution in [3.63, 3.8) is 0 Å². The molecule has 104 valence electrons. The normalized spacial score (nSPS) is 18.9. The highest BCUT2D eigenvalue weighted by atomic mass is 16.4. The summed E-state index contributed by atoms with van der Waals surface area (Å²) in [6.45, 7) is 6.12. The minimum Gasteiger partial charge on any atom is -0.481 e. The van der Waals surface area contributed by atoms with Gasteiger partial charge in [-0.3, -0.25) is 9.69 Å². The first-order chi connectivity index (χ1) is 9.20. The van der Waals surface area contributed by atoms with E-state index >= 15 is 0 Å². The van der Waals surface area contributed by atoms with Crippen molar-refractivity contribution in [3.8, 4) is 0 Å². The van der Waals surface area contributed by atoms with Crippen molar-refractivity contribution < 1.29 is 9.90 Å². The predicted molar refractivity (Wildman–Crippen MR) is 75.1 cm³/mol. The molecule has 1 unspecified atom stereocenters. The quantitative estimate of drug-likeness (QED) is 0.815. The van der Waals surface area contributed by atoms with Crippen molar-refractivity contribution in [2.75, 3.05) is 19.6 Å². The van der Waals surface area contributed by atoms with Gasteiger partial charge in [0, 0.05) is 19.1 Å². The van der Waals surface area contributed by atoms with E-state index in [1.807, 2.05) is 24.3 Å². The molecule has 0 aromatic heterocycles. The average Bonchev–Trinajstić information content (AvgIpc) is 2.91. The van der Waals surface area contributed by atoms with E-state index in [0.29, 0.717) is 6.04 Å². The van der Waals surface area contributed by atoms with Gasteiger partial charge in [0.15, 0.2) is 0 Å². The van der Waals surface area contributed by atoms with Crippen LogP contribution in [0.5, 0.6) is 0 Å². The van der Waals surface area contributed by atoms with Crippen molar-refractivity contribution in [2.45, 2.75) is 32.4 Å². The van der Waals surface area contributed by atoms with Gasteiger partial charge in [0.25, 0.3) is 0 Å². The summed E-state index contributed by atoms with van der Waals surface area (Å²) in [5, 5.41) is 12.4. The standard InChI is InChI=1S/C15H22N2O2/c1-2-17(14-7-8-16-10-14)11-13-6-4-3-5-12(13)9-15(18)19/h3-6,14,16H,2,7-11H2,1H3,(H,18,19). The third-order valence-electron chi connectivity index (χ3n) is 3.79. The maximum absolute atomic E-state index is 10.9. The van der Waals surface area contributed by atoms with Gasteiger partial charge in [0.2, 0.25) is 0 Å². The Kier molecular flexibility index (Phi) is 4.93. The number of benzene rings is 1. The molecule has 0 aliphatic carbocycles. The fourth-order valence-corrected chi connectivity index (χ4v) is 2.72. The van der Waals surface area contributed by atoms with E-state index in [9.17, 15) is 4.79 Å². The number of carboxylic acids is 1. The molecule has 1 fully saturated rings. The lowest BCUT2D eigenvalue weighted by molar-refractivity contribution is -0.136. The van der Waals surface area contributed by atoms with Crippen LogP contribution < -0.4 is 5.32 Å². The molecule has 1 aromatic rings. The van der Waals surface area contributed by atoms with Crippen molar-refractivity contribution in [2.24, 2.45) is 0 Å². The molecule has 0 amide bonds. The molecule has 1 atom stereocenters. The number of hydrogen-bond donors (Lipinski definition) is 2. The number of likely N-dealkylation sites (N-methyl/N-ethyl adjacent to an activating group) is 1. The summed E-state index contributed by atoms with van der Waals surface area (Å²) in [4.78, 5) is 13.3. The number of hydrogen-bond acceptors (Lipinski definition) is 3. The van der Waals surface area contributed by atoms with E-state index in [2.05, 4.69) is 17.1 Å². The molecular formula is C15H22N2O2. The van der Waals surface area contributed by atoms with Crippen LogP contribution in [0.2, 0.25) is 0 Å². The molecule has 4 heteroatoms. The third kappa shape index (κ3) is 3.78. The minimum atomic E-state index is -0.766. The van der Waals surface area contributed by atoms with Crippen LogP contribution >= 0.6 is 0 Å². The summed E-state index contributed by atoms with van der Waals surface area (Å²) in [7, 11) is 0. The molecule has 19 heavy (non-hydrogen) atoms. The fourth-order valence-electron chi connectivity index (χ4n) is 2.72. The number of nitrogens with one attached hydrogen (secondary N) is 1. The number of carboxylic acid groups (broad SMARTS) is 1. The summed E-state index contributed by atoms with van der Waals surface area (Å²) in [5.41, 5.74) is 2.07. The van der Waals surface area contributed by atoms with Crippen LogP contribution in [0.25, 0.3) is 0 Å². The SMILES string of the molecule is CCN(Cc1ccccc1CC(=O)O)C1CCNC1. The van der Waals surface area contributed by atoms with Crippen LogP contribution in [-0.4, -0.2) is 41.7 Å². The Bertz CT molecular complexity index is 428. The molecule has 2 N–H and O–H groups in total. The first-order valence-electron chi connectivity index (χ1n) is 6.94. The molecule has 1 aliphatic rings.